The van der Waals surface area contributed by atoms with Crippen molar-refractivity contribution in [3.8, 4) is 17.1 Å². The van der Waals surface area contributed by atoms with E-state index in [0.717, 1.165) is 27.8 Å². The number of anilines is 2. The number of benzene rings is 2. The summed E-state index contributed by atoms with van der Waals surface area (Å²) in [6, 6.07) is 15.6. The van der Waals surface area contributed by atoms with Crippen LogP contribution >= 0.6 is 0 Å². The van der Waals surface area contributed by atoms with Gasteiger partial charge >= 0.3 is 12.0 Å². The van der Waals surface area contributed by atoms with Gasteiger partial charge in [0.2, 0.25) is 0 Å². The highest BCUT2D eigenvalue weighted by atomic mass is 16.5. The fourth-order valence-corrected chi connectivity index (χ4v) is 2.76. The molecule has 4 rings (SSSR count). The normalized spacial score (nSPS) is 11.3. The second-order valence-electron chi connectivity index (χ2n) is 7.68. The number of hydrogen-bond acceptors (Lipinski definition) is 7. The smallest absolute Gasteiger partial charge is 0.316 e. The first-order valence-electron chi connectivity index (χ1n) is 9.68. The summed E-state index contributed by atoms with van der Waals surface area (Å²) < 4.78 is 5.41. The van der Waals surface area contributed by atoms with Crippen LogP contribution in [0.4, 0.5) is 11.5 Å². The predicted molar refractivity (Wildman–Crippen MR) is 117 cm³/mol. The van der Waals surface area contributed by atoms with E-state index in [1.807, 2.05) is 48.5 Å². The fraction of sp³-hybridized carbons (Fsp3) is 0.174. The van der Waals surface area contributed by atoms with Gasteiger partial charge in [0.25, 0.3) is 0 Å². The molecule has 0 unspecified atom stereocenters. The van der Waals surface area contributed by atoms with E-state index in [1.54, 1.807) is 32.4 Å². The van der Waals surface area contributed by atoms with E-state index in [4.69, 9.17) is 9.84 Å². The Morgan fingerprint density at radius 3 is 2.29 bits per heavy atom. The van der Waals surface area contributed by atoms with E-state index in [1.165, 1.54) is 0 Å². The van der Waals surface area contributed by atoms with E-state index in [0.29, 0.717) is 5.82 Å². The van der Waals surface area contributed by atoms with Gasteiger partial charge in [-0.2, -0.15) is 0 Å². The van der Waals surface area contributed by atoms with Gasteiger partial charge in [-0.05, 0) is 43.7 Å². The van der Waals surface area contributed by atoms with Crippen LogP contribution in [0.1, 0.15) is 13.8 Å². The topological polar surface area (TPSA) is 110 Å². The number of carboxylic acid groups (broad SMARTS) is 1. The van der Waals surface area contributed by atoms with Crippen molar-refractivity contribution >= 4 is 28.5 Å². The molecule has 2 aromatic carbocycles. The van der Waals surface area contributed by atoms with Crippen molar-refractivity contribution in [3.05, 3.63) is 67.1 Å². The number of hydrogen-bond donors (Lipinski definition) is 2. The minimum absolute atomic E-state index is 0.0142. The van der Waals surface area contributed by atoms with Gasteiger partial charge in [-0.15, -0.1) is 0 Å². The lowest BCUT2D eigenvalue weighted by Crippen LogP contribution is -2.31. The Labute approximate surface area is 179 Å². The lowest BCUT2D eigenvalue weighted by Gasteiger charge is -2.18. The number of para-hydroxylation sites is 2. The zero-order chi connectivity index (χ0) is 21.8. The molecule has 31 heavy (non-hydrogen) atoms. The Hall–Kier alpha value is -4.07. The molecule has 2 aromatic heterocycles. The van der Waals surface area contributed by atoms with Crippen LogP contribution in [-0.4, -0.2) is 37.6 Å². The molecule has 0 atom stereocenters. The van der Waals surface area contributed by atoms with E-state index in [-0.39, 0.29) is 12.6 Å². The average molecular weight is 415 g/mol. The van der Waals surface area contributed by atoms with Gasteiger partial charge in [-0.3, -0.25) is 9.78 Å². The highest BCUT2D eigenvalue weighted by Crippen LogP contribution is 2.23. The molecule has 0 spiro atoms. The van der Waals surface area contributed by atoms with Gasteiger partial charge in [0.1, 0.15) is 12.4 Å². The maximum absolute atomic E-state index is 11.1. The molecule has 0 bridgehead atoms. The van der Waals surface area contributed by atoms with Crippen LogP contribution in [0.15, 0.2) is 67.1 Å². The summed E-state index contributed by atoms with van der Waals surface area (Å²) in [7, 11) is 0. The molecule has 8 heteroatoms. The van der Waals surface area contributed by atoms with Crippen molar-refractivity contribution in [2.75, 3.05) is 11.9 Å². The monoisotopic (exact) mass is 415 g/mol. The number of fused-ring (bicyclic) bond motifs is 1. The van der Waals surface area contributed by atoms with Crippen molar-refractivity contribution < 1.29 is 14.6 Å². The first kappa shape index (κ1) is 20.2. The van der Waals surface area contributed by atoms with Gasteiger partial charge in [0.15, 0.2) is 0 Å². The minimum atomic E-state index is -1.01. The van der Waals surface area contributed by atoms with E-state index < -0.39 is 11.4 Å². The third kappa shape index (κ3) is 4.75. The number of aliphatic carboxylic acids is 1. The van der Waals surface area contributed by atoms with Crippen LogP contribution < -0.4 is 10.1 Å². The molecule has 4 aromatic rings. The van der Waals surface area contributed by atoms with Crippen molar-refractivity contribution in [1.29, 1.82) is 0 Å². The lowest BCUT2D eigenvalue weighted by molar-refractivity contribution is -0.148. The van der Waals surface area contributed by atoms with Crippen LogP contribution in [-0.2, 0) is 4.79 Å². The number of rotatable bonds is 7. The van der Waals surface area contributed by atoms with Gasteiger partial charge in [0, 0.05) is 23.6 Å². The lowest BCUT2D eigenvalue weighted by atomic mass is 9.95. The second-order valence-corrected chi connectivity index (χ2v) is 7.68. The molecule has 0 amide bonds. The van der Waals surface area contributed by atoms with Gasteiger partial charge < -0.3 is 15.2 Å². The van der Waals surface area contributed by atoms with Gasteiger partial charge in [0.05, 0.1) is 22.6 Å². The van der Waals surface area contributed by atoms with Gasteiger partial charge in [-0.1, -0.05) is 24.3 Å². The summed E-state index contributed by atoms with van der Waals surface area (Å²) in [5.41, 5.74) is 3.30. The summed E-state index contributed by atoms with van der Waals surface area (Å²) in [6.45, 7) is 3.16. The van der Waals surface area contributed by atoms with E-state index in [9.17, 15) is 4.79 Å². The maximum atomic E-state index is 11.1. The highest BCUT2D eigenvalue weighted by Gasteiger charge is 2.28. The summed E-state index contributed by atoms with van der Waals surface area (Å²) in [6.07, 6.45) is 5.00. The highest BCUT2D eigenvalue weighted by molar-refractivity contribution is 5.76. The zero-order valence-corrected chi connectivity index (χ0v) is 17.1. The Bertz CT molecular complexity index is 1210. The molecule has 0 saturated heterocycles. The van der Waals surface area contributed by atoms with Crippen molar-refractivity contribution in [2.24, 2.45) is 5.41 Å². The molecule has 0 saturated carbocycles. The van der Waals surface area contributed by atoms with E-state index >= 15 is 0 Å². The largest absolute Gasteiger partial charge is 0.481 e. The number of carbonyl (C=O) groups is 1. The quantitative estimate of drug-likeness (QED) is 0.459. The van der Waals surface area contributed by atoms with Crippen molar-refractivity contribution in [3.63, 3.8) is 0 Å². The summed E-state index contributed by atoms with van der Waals surface area (Å²) in [4.78, 5) is 28.5. The number of aromatic nitrogens is 4. The first-order chi connectivity index (χ1) is 14.9. The van der Waals surface area contributed by atoms with Crippen LogP contribution in [0.3, 0.4) is 0 Å². The maximum Gasteiger partial charge on any atom is 0.316 e. The molecule has 2 N–H and O–H groups in total. The van der Waals surface area contributed by atoms with Crippen molar-refractivity contribution in [2.45, 2.75) is 13.8 Å². The second kappa shape index (κ2) is 8.35. The number of carboxylic acids is 1. The Kier molecular flexibility index (Phi) is 5.44. The van der Waals surface area contributed by atoms with Crippen LogP contribution in [0.2, 0.25) is 0 Å². The number of nitrogens with one attached hydrogen (secondary N) is 1. The van der Waals surface area contributed by atoms with E-state index in [2.05, 4.69) is 25.3 Å². The molecule has 0 aliphatic heterocycles. The molecule has 8 nitrogen and oxygen atoms in total. The Morgan fingerprint density at radius 2 is 1.61 bits per heavy atom. The fourth-order valence-electron chi connectivity index (χ4n) is 2.76. The molecule has 156 valence electrons. The third-order valence-electron chi connectivity index (χ3n) is 4.71. The van der Waals surface area contributed by atoms with Crippen LogP contribution in [0, 0.1) is 5.41 Å². The molecular formula is C23H21N5O3. The Balaban J connectivity index is 1.42. The van der Waals surface area contributed by atoms with Crippen molar-refractivity contribution in [1.82, 2.24) is 19.9 Å². The number of ether oxygens (including phenoxy) is 1. The summed E-state index contributed by atoms with van der Waals surface area (Å²) >= 11 is 0. The zero-order valence-electron chi connectivity index (χ0n) is 17.1. The van der Waals surface area contributed by atoms with Gasteiger partial charge in [-0.25, -0.2) is 15.0 Å². The predicted octanol–water partition coefficient (Wildman–Crippen LogP) is 4.32. The minimum Gasteiger partial charge on any atom is -0.481 e. The average Bonchev–Trinajstić information content (AvgIpc) is 2.78. The molecule has 2 heterocycles. The molecular weight excluding hydrogens is 394 g/mol. The molecule has 0 aliphatic rings. The van der Waals surface area contributed by atoms with Crippen LogP contribution in [0.5, 0.6) is 6.01 Å². The standard InChI is InChI=1S/C23H21N5O3/c1-23(2,21(29)30)14-31-22-25-11-16(12-26-22)15-7-9-17(10-8-15)27-20-13-24-18-5-3-4-6-19(18)28-20/h3-13H,14H2,1-2H3,(H,27,28)(H,29,30). The summed E-state index contributed by atoms with van der Waals surface area (Å²) in [5, 5.41) is 12.4. The SMILES string of the molecule is CC(C)(COc1ncc(-c2ccc(Nc3cnc4ccccc4n3)cc2)cn1)C(=O)O. The molecule has 0 fully saturated rings. The first-order valence-corrected chi connectivity index (χ1v) is 9.68. The Morgan fingerprint density at radius 1 is 0.935 bits per heavy atom. The molecule has 0 radical (unpaired) electrons. The summed E-state index contributed by atoms with van der Waals surface area (Å²) in [5.74, 6) is -0.270. The number of nitrogens with zero attached hydrogens (tertiary/aromatic N) is 4. The third-order valence-corrected chi connectivity index (χ3v) is 4.71. The molecule has 0 aliphatic carbocycles. The van der Waals surface area contributed by atoms with Crippen LogP contribution in [0.25, 0.3) is 22.2 Å².